The number of halogens is 1. The minimum atomic E-state index is -0.838. The van der Waals surface area contributed by atoms with Crippen molar-refractivity contribution in [2.24, 2.45) is 0 Å². The van der Waals surface area contributed by atoms with Gasteiger partial charge in [0.15, 0.2) is 0 Å². The summed E-state index contributed by atoms with van der Waals surface area (Å²) in [6.45, 7) is 2.11. The molecule has 0 saturated heterocycles. The van der Waals surface area contributed by atoms with Crippen molar-refractivity contribution in [3.8, 4) is 0 Å². The van der Waals surface area contributed by atoms with Gasteiger partial charge in [0, 0.05) is 0 Å². The summed E-state index contributed by atoms with van der Waals surface area (Å²) in [5.74, 6) is -0.101. The average Bonchev–Trinajstić information content (AvgIpc) is 2.50. The summed E-state index contributed by atoms with van der Waals surface area (Å²) in [6, 6.07) is 1.27. The van der Waals surface area contributed by atoms with Gasteiger partial charge in [-0.15, -0.1) is 0 Å². The van der Waals surface area contributed by atoms with E-state index in [4.69, 9.17) is 9.52 Å². The number of aliphatic carboxylic acids is 1. The van der Waals surface area contributed by atoms with Crippen molar-refractivity contribution in [2.75, 3.05) is 7.05 Å². The number of carboxylic acid groups (broad SMARTS) is 1. The zero-order valence-corrected chi connectivity index (χ0v) is 9.61. The highest BCUT2D eigenvalue weighted by Gasteiger charge is 2.18. The van der Waals surface area contributed by atoms with Gasteiger partial charge in [-0.05, 0) is 36.0 Å². The third-order valence-corrected chi connectivity index (χ3v) is 2.81. The van der Waals surface area contributed by atoms with Gasteiger partial charge in [0.25, 0.3) is 0 Å². The SMILES string of the molecule is CC(C(=O)O)N(C)Cc1occc1Br. The molecule has 1 atom stereocenters. The zero-order chi connectivity index (χ0) is 10.7. The van der Waals surface area contributed by atoms with Crippen LogP contribution in [0.15, 0.2) is 21.2 Å². The molecule has 0 aliphatic heterocycles. The maximum Gasteiger partial charge on any atom is 0.320 e. The largest absolute Gasteiger partial charge is 0.480 e. The maximum absolute atomic E-state index is 10.7. The molecule has 14 heavy (non-hydrogen) atoms. The lowest BCUT2D eigenvalue weighted by Crippen LogP contribution is -2.35. The van der Waals surface area contributed by atoms with Gasteiger partial charge in [0.2, 0.25) is 0 Å². The van der Waals surface area contributed by atoms with Crippen molar-refractivity contribution in [3.63, 3.8) is 0 Å². The molecule has 1 N–H and O–H groups in total. The first-order valence-corrected chi connectivity index (χ1v) is 4.96. The van der Waals surface area contributed by atoms with Crippen LogP contribution in [-0.2, 0) is 11.3 Å². The second-order valence-corrected chi connectivity index (χ2v) is 3.98. The van der Waals surface area contributed by atoms with E-state index < -0.39 is 12.0 Å². The predicted octanol–water partition coefficient (Wildman–Crippen LogP) is 1.95. The Hall–Kier alpha value is -0.810. The molecule has 0 saturated carbocycles. The Bertz CT molecular complexity index is 324. The fourth-order valence-electron chi connectivity index (χ4n) is 0.990. The van der Waals surface area contributed by atoms with Crippen molar-refractivity contribution in [1.82, 2.24) is 4.90 Å². The summed E-state index contributed by atoms with van der Waals surface area (Å²) in [5.41, 5.74) is 0. The number of hydrogen-bond donors (Lipinski definition) is 1. The molecule has 1 rings (SSSR count). The van der Waals surface area contributed by atoms with E-state index in [-0.39, 0.29) is 0 Å². The van der Waals surface area contributed by atoms with Crippen LogP contribution in [0.3, 0.4) is 0 Å². The molecule has 0 spiro atoms. The van der Waals surface area contributed by atoms with E-state index in [0.29, 0.717) is 6.54 Å². The lowest BCUT2D eigenvalue weighted by Gasteiger charge is -2.19. The molecular weight excluding hydrogens is 250 g/mol. The molecule has 78 valence electrons. The Kier molecular flexibility index (Phi) is 3.71. The highest BCUT2D eigenvalue weighted by atomic mass is 79.9. The van der Waals surface area contributed by atoms with Gasteiger partial charge in [-0.3, -0.25) is 9.69 Å². The van der Waals surface area contributed by atoms with Crippen molar-refractivity contribution >= 4 is 21.9 Å². The normalized spacial score (nSPS) is 13.1. The summed E-state index contributed by atoms with van der Waals surface area (Å²) in [5, 5.41) is 8.77. The Morgan fingerprint density at radius 2 is 2.43 bits per heavy atom. The smallest absolute Gasteiger partial charge is 0.320 e. The lowest BCUT2D eigenvalue weighted by molar-refractivity contribution is -0.142. The van der Waals surface area contributed by atoms with Crippen LogP contribution < -0.4 is 0 Å². The fourth-order valence-corrected chi connectivity index (χ4v) is 1.32. The summed E-state index contributed by atoms with van der Waals surface area (Å²) in [4.78, 5) is 12.4. The van der Waals surface area contributed by atoms with Gasteiger partial charge >= 0.3 is 5.97 Å². The Morgan fingerprint density at radius 3 is 2.86 bits per heavy atom. The third-order valence-electron chi connectivity index (χ3n) is 2.10. The molecule has 0 bridgehead atoms. The van der Waals surface area contributed by atoms with Gasteiger partial charge in [-0.1, -0.05) is 0 Å². The Balaban J connectivity index is 2.61. The van der Waals surface area contributed by atoms with Gasteiger partial charge in [0.1, 0.15) is 11.8 Å². The molecule has 0 aliphatic carbocycles. The number of nitrogens with zero attached hydrogens (tertiary/aromatic N) is 1. The number of furan rings is 1. The van der Waals surface area contributed by atoms with Gasteiger partial charge in [-0.25, -0.2) is 0 Å². The summed E-state index contributed by atoms with van der Waals surface area (Å²) in [6.07, 6.45) is 1.57. The molecule has 0 aromatic carbocycles. The van der Waals surface area contributed by atoms with E-state index in [1.54, 1.807) is 31.2 Å². The molecule has 1 aromatic heterocycles. The van der Waals surface area contributed by atoms with Gasteiger partial charge in [0.05, 0.1) is 17.3 Å². The van der Waals surface area contributed by atoms with E-state index in [9.17, 15) is 4.79 Å². The number of rotatable bonds is 4. The molecular formula is C9H12BrNO3. The second kappa shape index (κ2) is 4.61. The van der Waals surface area contributed by atoms with E-state index >= 15 is 0 Å². The standard InChI is InChI=1S/C9H12BrNO3/c1-6(9(12)13)11(2)5-8-7(10)3-4-14-8/h3-4,6H,5H2,1-2H3,(H,12,13). The van der Waals surface area contributed by atoms with Crippen LogP contribution in [-0.4, -0.2) is 29.1 Å². The van der Waals surface area contributed by atoms with Crippen LogP contribution in [0.1, 0.15) is 12.7 Å². The Labute approximate surface area is 90.6 Å². The number of carbonyl (C=O) groups is 1. The average molecular weight is 262 g/mol. The molecule has 1 unspecified atom stereocenters. The van der Waals surface area contributed by atoms with E-state index in [2.05, 4.69) is 15.9 Å². The maximum atomic E-state index is 10.7. The van der Waals surface area contributed by atoms with E-state index in [1.807, 2.05) is 0 Å². The molecule has 1 aromatic rings. The minimum Gasteiger partial charge on any atom is -0.480 e. The van der Waals surface area contributed by atoms with Crippen LogP contribution in [0.25, 0.3) is 0 Å². The highest BCUT2D eigenvalue weighted by molar-refractivity contribution is 9.10. The monoisotopic (exact) mass is 261 g/mol. The second-order valence-electron chi connectivity index (χ2n) is 3.12. The van der Waals surface area contributed by atoms with Gasteiger partial charge in [-0.2, -0.15) is 0 Å². The van der Waals surface area contributed by atoms with Crippen LogP contribution >= 0.6 is 15.9 Å². The molecule has 0 aliphatic rings. The Morgan fingerprint density at radius 1 is 1.79 bits per heavy atom. The van der Waals surface area contributed by atoms with Crippen LogP contribution in [0, 0.1) is 0 Å². The third kappa shape index (κ3) is 2.59. The molecule has 0 amide bonds. The quantitative estimate of drug-likeness (QED) is 0.901. The van der Waals surface area contributed by atoms with Crippen molar-refractivity contribution in [3.05, 3.63) is 22.6 Å². The number of likely N-dealkylation sites (N-methyl/N-ethyl adjacent to an activating group) is 1. The topological polar surface area (TPSA) is 53.7 Å². The summed E-state index contributed by atoms with van der Waals surface area (Å²) < 4.78 is 6.05. The number of hydrogen-bond acceptors (Lipinski definition) is 3. The van der Waals surface area contributed by atoms with Crippen LogP contribution in [0.2, 0.25) is 0 Å². The summed E-state index contributed by atoms with van der Waals surface area (Å²) >= 11 is 3.31. The van der Waals surface area contributed by atoms with Crippen LogP contribution in [0.4, 0.5) is 0 Å². The lowest BCUT2D eigenvalue weighted by atomic mass is 10.3. The van der Waals surface area contributed by atoms with Gasteiger partial charge < -0.3 is 9.52 Å². The minimum absolute atomic E-state index is 0.473. The van der Waals surface area contributed by atoms with E-state index in [0.717, 1.165) is 10.2 Å². The molecule has 1 heterocycles. The van der Waals surface area contributed by atoms with E-state index in [1.165, 1.54) is 0 Å². The number of carboxylic acids is 1. The highest BCUT2D eigenvalue weighted by Crippen LogP contribution is 2.19. The fraction of sp³-hybridized carbons (Fsp3) is 0.444. The molecule has 0 fully saturated rings. The first-order valence-electron chi connectivity index (χ1n) is 4.17. The zero-order valence-electron chi connectivity index (χ0n) is 8.03. The van der Waals surface area contributed by atoms with Crippen molar-refractivity contribution in [1.29, 1.82) is 0 Å². The predicted molar refractivity (Wildman–Crippen MR) is 55.0 cm³/mol. The molecule has 0 radical (unpaired) electrons. The molecule has 4 nitrogen and oxygen atoms in total. The first kappa shape index (κ1) is 11.3. The van der Waals surface area contributed by atoms with Crippen LogP contribution in [0.5, 0.6) is 0 Å². The van der Waals surface area contributed by atoms with Crippen molar-refractivity contribution < 1.29 is 14.3 Å². The summed E-state index contributed by atoms with van der Waals surface area (Å²) in [7, 11) is 1.74. The first-order chi connectivity index (χ1) is 6.52. The molecule has 5 heteroatoms. The van der Waals surface area contributed by atoms with Crippen molar-refractivity contribution in [2.45, 2.75) is 19.5 Å².